The van der Waals surface area contributed by atoms with Crippen LogP contribution in [0.5, 0.6) is 0 Å². The SMILES string of the molecule is Cc1c(C(=O)N2CCCC(C(F)(F)F)C2)nnn1-c1ccccc1. The molecule has 1 amide bonds. The van der Waals surface area contributed by atoms with Crippen LogP contribution in [0, 0.1) is 12.8 Å². The quantitative estimate of drug-likeness (QED) is 0.846. The highest BCUT2D eigenvalue weighted by Gasteiger charge is 2.43. The first-order valence-corrected chi connectivity index (χ1v) is 7.71. The number of hydrogen-bond donors (Lipinski definition) is 0. The van der Waals surface area contributed by atoms with Gasteiger partial charge in [0.15, 0.2) is 5.69 Å². The normalized spacial score (nSPS) is 18.7. The molecule has 1 unspecified atom stereocenters. The van der Waals surface area contributed by atoms with Gasteiger partial charge >= 0.3 is 6.18 Å². The van der Waals surface area contributed by atoms with E-state index in [2.05, 4.69) is 10.3 Å². The van der Waals surface area contributed by atoms with E-state index in [9.17, 15) is 18.0 Å². The first kappa shape index (κ1) is 16.5. The summed E-state index contributed by atoms with van der Waals surface area (Å²) in [4.78, 5) is 13.8. The number of carbonyl (C=O) groups excluding carboxylic acids is 1. The average molecular weight is 338 g/mol. The summed E-state index contributed by atoms with van der Waals surface area (Å²) >= 11 is 0. The van der Waals surface area contributed by atoms with Crippen molar-refractivity contribution in [1.82, 2.24) is 19.9 Å². The molecule has 0 spiro atoms. The fourth-order valence-electron chi connectivity index (χ4n) is 2.92. The molecule has 1 fully saturated rings. The van der Waals surface area contributed by atoms with E-state index in [-0.39, 0.29) is 18.7 Å². The molecular formula is C16H17F3N4O. The number of amides is 1. The third kappa shape index (κ3) is 3.13. The van der Waals surface area contributed by atoms with Crippen LogP contribution in [0.25, 0.3) is 5.69 Å². The van der Waals surface area contributed by atoms with Gasteiger partial charge in [-0.05, 0) is 31.9 Å². The number of halogens is 3. The Kier molecular flexibility index (Phi) is 4.29. The van der Waals surface area contributed by atoms with E-state index in [0.29, 0.717) is 18.7 Å². The minimum Gasteiger partial charge on any atom is -0.337 e. The third-order valence-corrected chi connectivity index (χ3v) is 4.27. The maximum atomic E-state index is 12.9. The summed E-state index contributed by atoms with van der Waals surface area (Å²) in [5.41, 5.74) is 1.36. The van der Waals surface area contributed by atoms with E-state index >= 15 is 0 Å². The average Bonchev–Trinajstić information content (AvgIpc) is 2.96. The maximum absolute atomic E-state index is 12.9. The Morgan fingerprint density at radius 3 is 2.62 bits per heavy atom. The minimum atomic E-state index is -4.28. The van der Waals surface area contributed by atoms with Gasteiger partial charge in [0.2, 0.25) is 0 Å². The molecule has 2 heterocycles. The van der Waals surface area contributed by atoms with E-state index in [0.717, 1.165) is 5.69 Å². The molecule has 8 heteroatoms. The predicted molar refractivity (Wildman–Crippen MR) is 80.8 cm³/mol. The van der Waals surface area contributed by atoms with Crippen LogP contribution in [0.2, 0.25) is 0 Å². The lowest BCUT2D eigenvalue weighted by atomic mass is 9.97. The molecule has 0 bridgehead atoms. The Hall–Kier alpha value is -2.38. The molecule has 1 aromatic carbocycles. The van der Waals surface area contributed by atoms with Gasteiger partial charge in [0.25, 0.3) is 5.91 Å². The van der Waals surface area contributed by atoms with Crippen LogP contribution in [0.15, 0.2) is 30.3 Å². The number of carbonyl (C=O) groups is 1. The van der Waals surface area contributed by atoms with Gasteiger partial charge in [-0.1, -0.05) is 23.4 Å². The van der Waals surface area contributed by atoms with Crippen molar-refractivity contribution in [3.05, 3.63) is 41.7 Å². The van der Waals surface area contributed by atoms with Gasteiger partial charge in [0, 0.05) is 13.1 Å². The molecular weight excluding hydrogens is 321 g/mol. The number of piperidine rings is 1. The first-order chi connectivity index (χ1) is 11.4. The number of nitrogens with zero attached hydrogens (tertiary/aromatic N) is 4. The van der Waals surface area contributed by atoms with Gasteiger partial charge in [-0.25, -0.2) is 4.68 Å². The molecule has 0 N–H and O–H groups in total. The lowest BCUT2D eigenvalue weighted by molar-refractivity contribution is -0.184. The van der Waals surface area contributed by atoms with Crippen molar-refractivity contribution in [2.75, 3.05) is 13.1 Å². The zero-order valence-electron chi connectivity index (χ0n) is 13.1. The Labute approximate surface area is 137 Å². The molecule has 1 aliphatic rings. The number of likely N-dealkylation sites (tertiary alicyclic amines) is 1. The standard InChI is InChI=1S/C16H17F3N4O/c1-11-14(20-21-23(11)13-7-3-2-4-8-13)15(24)22-9-5-6-12(10-22)16(17,18)19/h2-4,7-8,12H,5-6,9-10H2,1H3. The minimum absolute atomic E-state index is 0.0585. The highest BCUT2D eigenvalue weighted by Crippen LogP contribution is 2.33. The molecule has 0 radical (unpaired) electrons. The van der Waals surface area contributed by atoms with Crippen LogP contribution in [-0.2, 0) is 0 Å². The molecule has 24 heavy (non-hydrogen) atoms. The van der Waals surface area contributed by atoms with E-state index in [1.165, 1.54) is 9.58 Å². The molecule has 1 saturated heterocycles. The highest BCUT2D eigenvalue weighted by molar-refractivity contribution is 5.93. The molecule has 128 valence electrons. The molecule has 3 rings (SSSR count). The Morgan fingerprint density at radius 2 is 1.96 bits per heavy atom. The van der Waals surface area contributed by atoms with E-state index < -0.39 is 18.0 Å². The lowest BCUT2D eigenvalue weighted by Gasteiger charge is -2.33. The largest absolute Gasteiger partial charge is 0.393 e. The van der Waals surface area contributed by atoms with Gasteiger partial charge in [0.1, 0.15) is 0 Å². The molecule has 0 saturated carbocycles. The Balaban J connectivity index is 1.82. The number of rotatable bonds is 2. The zero-order chi connectivity index (χ0) is 17.3. The summed E-state index contributed by atoms with van der Waals surface area (Å²) in [6.07, 6.45) is -3.89. The van der Waals surface area contributed by atoms with Gasteiger partial charge in [-0.3, -0.25) is 4.79 Å². The van der Waals surface area contributed by atoms with Crippen molar-refractivity contribution in [1.29, 1.82) is 0 Å². The first-order valence-electron chi connectivity index (χ1n) is 7.71. The fraction of sp³-hybridized carbons (Fsp3) is 0.438. The van der Waals surface area contributed by atoms with Crippen LogP contribution >= 0.6 is 0 Å². The molecule has 1 atom stereocenters. The van der Waals surface area contributed by atoms with Gasteiger partial charge in [-0.15, -0.1) is 5.10 Å². The Bertz CT molecular complexity index is 727. The summed E-state index contributed by atoms with van der Waals surface area (Å²) in [6.45, 7) is 1.68. The fourth-order valence-corrected chi connectivity index (χ4v) is 2.92. The summed E-state index contributed by atoms with van der Waals surface area (Å²) in [5.74, 6) is -1.97. The van der Waals surface area contributed by atoms with Crippen molar-refractivity contribution in [2.45, 2.75) is 25.9 Å². The van der Waals surface area contributed by atoms with E-state index in [4.69, 9.17) is 0 Å². The zero-order valence-corrected chi connectivity index (χ0v) is 13.1. The molecule has 1 aliphatic heterocycles. The maximum Gasteiger partial charge on any atom is 0.393 e. The van der Waals surface area contributed by atoms with E-state index in [1.807, 2.05) is 30.3 Å². The van der Waals surface area contributed by atoms with Gasteiger partial charge < -0.3 is 4.90 Å². The van der Waals surface area contributed by atoms with Crippen LogP contribution in [0.1, 0.15) is 29.0 Å². The lowest BCUT2D eigenvalue weighted by Crippen LogP contribution is -2.44. The summed E-state index contributed by atoms with van der Waals surface area (Å²) in [5, 5.41) is 7.86. The van der Waals surface area contributed by atoms with Crippen molar-refractivity contribution in [2.24, 2.45) is 5.92 Å². The number of benzene rings is 1. The monoisotopic (exact) mass is 338 g/mol. The smallest absolute Gasteiger partial charge is 0.337 e. The van der Waals surface area contributed by atoms with Crippen molar-refractivity contribution >= 4 is 5.91 Å². The van der Waals surface area contributed by atoms with Crippen molar-refractivity contribution < 1.29 is 18.0 Å². The Morgan fingerprint density at radius 1 is 1.25 bits per heavy atom. The number of para-hydroxylation sites is 1. The summed E-state index contributed by atoms with van der Waals surface area (Å²) in [6, 6.07) is 9.15. The molecule has 1 aromatic heterocycles. The highest BCUT2D eigenvalue weighted by atomic mass is 19.4. The van der Waals surface area contributed by atoms with Crippen molar-refractivity contribution in [3.8, 4) is 5.69 Å². The second-order valence-corrected chi connectivity index (χ2v) is 5.90. The van der Waals surface area contributed by atoms with Gasteiger partial charge in [0.05, 0.1) is 17.3 Å². The summed E-state index contributed by atoms with van der Waals surface area (Å²) in [7, 11) is 0. The molecule has 5 nitrogen and oxygen atoms in total. The van der Waals surface area contributed by atoms with Crippen molar-refractivity contribution in [3.63, 3.8) is 0 Å². The van der Waals surface area contributed by atoms with Crippen LogP contribution in [0.3, 0.4) is 0 Å². The second kappa shape index (κ2) is 6.26. The van der Waals surface area contributed by atoms with Crippen LogP contribution < -0.4 is 0 Å². The molecule has 2 aromatic rings. The second-order valence-electron chi connectivity index (χ2n) is 5.90. The summed E-state index contributed by atoms with van der Waals surface area (Å²) < 4.78 is 40.3. The van der Waals surface area contributed by atoms with Crippen LogP contribution in [-0.4, -0.2) is 45.1 Å². The van der Waals surface area contributed by atoms with Gasteiger partial charge in [-0.2, -0.15) is 13.2 Å². The van der Waals surface area contributed by atoms with Crippen LogP contribution in [0.4, 0.5) is 13.2 Å². The number of hydrogen-bond acceptors (Lipinski definition) is 3. The predicted octanol–water partition coefficient (Wildman–Crippen LogP) is 2.99. The third-order valence-electron chi connectivity index (χ3n) is 4.27. The number of alkyl halides is 3. The van der Waals surface area contributed by atoms with E-state index in [1.54, 1.807) is 6.92 Å². The molecule has 0 aliphatic carbocycles. The topological polar surface area (TPSA) is 51.0 Å². The number of aromatic nitrogens is 3.